The Morgan fingerprint density at radius 3 is 2.84 bits per heavy atom. The highest BCUT2D eigenvalue weighted by molar-refractivity contribution is 9.10. The van der Waals surface area contributed by atoms with Gasteiger partial charge in [0.05, 0.1) is 16.9 Å². The molecule has 0 radical (unpaired) electrons. The van der Waals surface area contributed by atoms with Crippen molar-refractivity contribution in [3.63, 3.8) is 0 Å². The molecule has 2 heterocycles. The summed E-state index contributed by atoms with van der Waals surface area (Å²) in [6.07, 6.45) is 4.44. The molecule has 7 heteroatoms. The number of anilines is 1. The van der Waals surface area contributed by atoms with Crippen LogP contribution in [0.25, 0.3) is 5.69 Å². The number of amides is 1. The fourth-order valence-electron chi connectivity index (χ4n) is 3.03. The number of nitrogens with one attached hydrogen (secondary N) is 1. The molecular weight excluding hydrogens is 404 g/mol. The smallest absolute Gasteiger partial charge is 0.259 e. The number of hydrogen-bond donors (Lipinski definition) is 1. The third-order valence-electron chi connectivity index (χ3n) is 4.19. The summed E-state index contributed by atoms with van der Waals surface area (Å²) in [4.78, 5) is 16.8. The quantitative estimate of drug-likeness (QED) is 0.642. The van der Waals surface area contributed by atoms with Gasteiger partial charge in [-0.15, -0.1) is 0 Å². The molecule has 0 saturated carbocycles. The van der Waals surface area contributed by atoms with Crippen molar-refractivity contribution < 1.29 is 4.79 Å². The number of aromatic nitrogens is 3. The van der Waals surface area contributed by atoms with E-state index < -0.39 is 0 Å². The van der Waals surface area contributed by atoms with Crippen LogP contribution in [0.1, 0.15) is 28.0 Å². The highest BCUT2D eigenvalue weighted by atomic mass is 79.9. The molecule has 0 fully saturated rings. The van der Waals surface area contributed by atoms with E-state index >= 15 is 0 Å². The van der Waals surface area contributed by atoms with Crippen LogP contribution in [-0.2, 0) is 12.8 Å². The second-order valence-electron chi connectivity index (χ2n) is 5.82. The van der Waals surface area contributed by atoms with E-state index in [0.717, 1.165) is 36.2 Å². The molecule has 1 aromatic carbocycles. The molecule has 5 nitrogen and oxygen atoms in total. The molecule has 0 aliphatic heterocycles. The van der Waals surface area contributed by atoms with Crippen LogP contribution in [-0.4, -0.2) is 20.7 Å². The number of benzene rings is 1. The molecule has 1 amide bonds. The lowest BCUT2D eigenvalue weighted by Crippen LogP contribution is -2.17. The van der Waals surface area contributed by atoms with Gasteiger partial charge in [-0.3, -0.25) is 4.79 Å². The van der Waals surface area contributed by atoms with Gasteiger partial charge in [0.15, 0.2) is 0 Å². The van der Waals surface area contributed by atoms with Crippen LogP contribution in [0.3, 0.4) is 0 Å². The minimum atomic E-state index is -0.300. The molecule has 1 aliphatic carbocycles. The van der Waals surface area contributed by atoms with E-state index in [2.05, 4.69) is 26.2 Å². The molecule has 126 valence electrons. The number of carbonyl (C=O) groups excluding carboxylic acids is 1. The lowest BCUT2D eigenvalue weighted by Gasteiger charge is -2.11. The first-order valence-electron chi connectivity index (χ1n) is 7.92. The average molecular weight is 418 g/mol. The maximum absolute atomic E-state index is 12.8. The monoisotopic (exact) mass is 416 g/mol. The molecule has 1 aliphatic rings. The molecule has 0 unspecified atom stereocenters. The number of para-hydroxylation sites is 1. The number of hydrogen-bond acceptors (Lipinski definition) is 3. The van der Waals surface area contributed by atoms with Gasteiger partial charge in [0.25, 0.3) is 5.91 Å². The van der Waals surface area contributed by atoms with Gasteiger partial charge in [-0.05, 0) is 53.4 Å². The summed E-state index contributed by atoms with van der Waals surface area (Å²) in [5, 5.41) is 7.85. The zero-order chi connectivity index (χ0) is 17.4. The van der Waals surface area contributed by atoms with Crippen LogP contribution in [0.5, 0.6) is 0 Å². The second-order valence-corrected chi connectivity index (χ2v) is 7.09. The van der Waals surface area contributed by atoms with Crippen molar-refractivity contribution in [1.82, 2.24) is 14.8 Å². The van der Waals surface area contributed by atoms with E-state index in [9.17, 15) is 4.79 Å². The molecular formula is C18H14BrClN4O. The minimum Gasteiger partial charge on any atom is -0.306 e. The molecule has 25 heavy (non-hydrogen) atoms. The Morgan fingerprint density at radius 2 is 2.04 bits per heavy atom. The maximum atomic E-state index is 12.8. The Balaban J connectivity index is 1.75. The number of rotatable bonds is 3. The second kappa shape index (κ2) is 6.61. The predicted octanol–water partition coefficient (Wildman–Crippen LogP) is 4.42. The van der Waals surface area contributed by atoms with Crippen LogP contribution in [0.15, 0.2) is 47.1 Å². The molecule has 0 spiro atoms. The summed E-state index contributed by atoms with van der Waals surface area (Å²) >= 11 is 9.41. The summed E-state index contributed by atoms with van der Waals surface area (Å²) in [5.41, 5.74) is 3.36. The standard InChI is InChI=1S/C18H14BrClN4O/c19-11-9-14(16(20)21-10-11)18(25)22-17-13-7-4-8-15(13)23-24(17)12-5-2-1-3-6-12/h1-3,5-6,9-10H,4,7-8H2,(H,22,25). The van der Waals surface area contributed by atoms with Crippen molar-refractivity contribution in [1.29, 1.82) is 0 Å². The lowest BCUT2D eigenvalue weighted by atomic mass is 10.2. The molecule has 0 atom stereocenters. The summed E-state index contributed by atoms with van der Waals surface area (Å²) in [6, 6.07) is 11.4. The van der Waals surface area contributed by atoms with Crippen LogP contribution in [0.2, 0.25) is 5.15 Å². The summed E-state index contributed by atoms with van der Waals surface area (Å²) in [7, 11) is 0. The number of carbonyl (C=O) groups is 1. The first-order valence-corrected chi connectivity index (χ1v) is 9.09. The van der Waals surface area contributed by atoms with E-state index in [1.54, 1.807) is 16.9 Å². The van der Waals surface area contributed by atoms with Crippen molar-refractivity contribution in [2.75, 3.05) is 5.32 Å². The van der Waals surface area contributed by atoms with Crippen molar-refractivity contribution >= 4 is 39.3 Å². The van der Waals surface area contributed by atoms with E-state index in [-0.39, 0.29) is 11.1 Å². The van der Waals surface area contributed by atoms with Crippen molar-refractivity contribution in [3.05, 3.63) is 69.0 Å². The largest absolute Gasteiger partial charge is 0.306 e. The van der Waals surface area contributed by atoms with E-state index in [0.29, 0.717) is 15.9 Å². The molecule has 0 saturated heterocycles. The minimum absolute atomic E-state index is 0.170. The Kier molecular flexibility index (Phi) is 4.31. The number of nitrogens with zero attached hydrogens (tertiary/aromatic N) is 3. The fraction of sp³-hybridized carbons (Fsp3) is 0.167. The summed E-state index contributed by atoms with van der Waals surface area (Å²) < 4.78 is 2.49. The third kappa shape index (κ3) is 3.07. The van der Waals surface area contributed by atoms with Crippen LogP contribution >= 0.6 is 27.5 Å². The number of aryl methyl sites for hydroxylation is 1. The van der Waals surface area contributed by atoms with Crippen molar-refractivity contribution in [2.45, 2.75) is 19.3 Å². The van der Waals surface area contributed by atoms with Crippen molar-refractivity contribution in [2.24, 2.45) is 0 Å². The van der Waals surface area contributed by atoms with E-state index in [1.165, 1.54) is 0 Å². The Bertz CT molecular complexity index is 955. The summed E-state index contributed by atoms with van der Waals surface area (Å²) in [6.45, 7) is 0. The highest BCUT2D eigenvalue weighted by Crippen LogP contribution is 2.31. The van der Waals surface area contributed by atoms with Crippen LogP contribution in [0.4, 0.5) is 5.82 Å². The first kappa shape index (κ1) is 16.3. The van der Waals surface area contributed by atoms with Gasteiger partial charge in [0, 0.05) is 16.2 Å². The van der Waals surface area contributed by atoms with Crippen LogP contribution in [0, 0.1) is 0 Å². The highest BCUT2D eigenvalue weighted by Gasteiger charge is 2.25. The summed E-state index contributed by atoms with van der Waals surface area (Å²) in [5.74, 6) is 0.408. The van der Waals surface area contributed by atoms with Gasteiger partial charge in [0.2, 0.25) is 0 Å². The fourth-order valence-corrected chi connectivity index (χ4v) is 3.55. The van der Waals surface area contributed by atoms with E-state index in [1.807, 2.05) is 30.3 Å². The predicted molar refractivity (Wildman–Crippen MR) is 100 cm³/mol. The Labute approximate surface area is 158 Å². The van der Waals surface area contributed by atoms with Crippen molar-refractivity contribution in [3.8, 4) is 5.69 Å². The molecule has 4 rings (SSSR count). The van der Waals surface area contributed by atoms with E-state index in [4.69, 9.17) is 16.7 Å². The zero-order valence-corrected chi connectivity index (χ0v) is 15.5. The van der Waals surface area contributed by atoms with Gasteiger partial charge >= 0.3 is 0 Å². The topological polar surface area (TPSA) is 59.8 Å². The Morgan fingerprint density at radius 1 is 1.24 bits per heavy atom. The number of pyridine rings is 1. The van der Waals surface area contributed by atoms with Gasteiger partial charge in [-0.25, -0.2) is 9.67 Å². The van der Waals surface area contributed by atoms with Crippen LogP contribution < -0.4 is 5.32 Å². The normalized spacial score (nSPS) is 12.9. The molecule has 1 N–H and O–H groups in total. The van der Waals surface area contributed by atoms with Gasteiger partial charge in [-0.2, -0.15) is 5.10 Å². The molecule has 3 aromatic rings. The van der Waals surface area contributed by atoms with Gasteiger partial charge in [0.1, 0.15) is 11.0 Å². The van der Waals surface area contributed by atoms with Gasteiger partial charge < -0.3 is 5.32 Å². The number of fused-ring (bicyclic) bond motifs is 1. The maximum Gasteiger partial charge on any atom is 0.259 e. The SMILES string of the molecule is O=C(Nc1c2c(nn1-c1ccccc1)CCC2)c1cc(Br)cnc1Cl. The number of halogens is 2. The molecule has 2 aromatic heterocycles. The third-order valence-corrected chi connectivity index (χ3v) is 4.92. The lowest BCUT2D eigenvalue weighted by molar-refractivity contribution is 0.102. The Hall–Kier alpha value is -2.18. The molecule has 0 bridgehead atoms. The average Bonchev–Trinajstić information content (AvgIpc) is 3.20. The zero-order valence-electron chi connectivity index (χ0n) is 13.2. The van der Waals surface area contributed by atoms with Gasteiger partial charge in [-0.1, -0.05) is 29.8 Å². The first-order chi connectivity index (χ1) is 12.1.